The highest BCUT2D eigenvalue weighted by Crippen LogP contribution is 2.12. The van der Waals surface area contributed by atoms with Crippen LogP contribution in [0.2, 0.25) is 0 Å². The maximum Gasteiger partial charge on any atom is 0.328 e. The van der Waals surface area contributed by atoms with Gasteiger partial charge in [-0.25, -0.2) is 14.0 Å². The van der Waals surface area contributed by atoms with Gasteiger partial charge in [0, 0.05) is 19.0 Å². The number of hydrogen-bond acceptors (Lipinski definition) is 6. The molecule has 45 heavy (non-hydrogen) atoms. The Morgan fingerprint density at radius 3 is 2.40 bits per heavy atom. The number of halogens is 1. The molecule has 2 aromatic rings. The number of carbonyl (C=O) groups excluding carboxylic acids is 5. The third kappa shape index (κ3) is 11.4. The molecule has 3 rings (SSSR count). The Hall–Kier alpha value is -4.74. The molecule has 0 aromatic heterocycles. The summed E-state index contributed by atoms with van der Waals surface area (Å²) in [5, 5.41) is 13.6. The van der Waals surface area contributed by atoms with Gasteiger partial charge in [0.2, 0.25) is 17.7 Å². The van der Waals surface area contributed by atoms with E-state index in [0.717, 1.165) is 5.56 Å². The highest BCUT2D eigenvalue weighted by Gasteiger charge is 2.30. The number of urea groups is 1. The molecule has 1 heterocycles. The first kappa shape index (κ1) is 34.7. The molecule has 5 N–H and O–H groups in total. The van der Waals surface area contributed by atoms with Crippen LogP contribution in [0.1, 0.15) is 44.2 Å². The SMILES string of the molecule is COC(=O)[C@@H](NC(=O)N[C@@H](Cc1ccccc1)C(=O)N[C@H]1CCCCNC(=O)/C=C\[C@H](Cc2ccccc2F)NC1=O)C(C)C. The molecule has 0 saturated carbocycles. The van der Waals surface area contributed by atoms with Crippen molar-refractivity contribution in [2.45, 2.75) is 70.1 Å². The van der Waals surface area contributed by atoms with Gasteiger partial charge in [0.15, 0.2) is 0 Å². The molecule has 0 fully saturated rings. The minimum absolute atomic E-state index is 0.0818. The molecule has 0 aliphatic carbocycles. The van der Waals surface area contributed by atoms with Crippen LogP contribution in [0.4, 0.5) is 9.18 Å². The Labute approximate surface area is 262 Å². The fourth-order valence-electron chi connectivity index (χ4n) is 4.86. The Morgan fingerprint density at radius 1 is 1.00 bits per heavy atom. The number of ether oxygens (including phenoxy) is 1. The van der Waals surface area contributed by atoms with Gasteiger partial charge in [-0.3, -0.25) is 14.4 Å². The molecule has 0 saturated heterocycles. The van der Waals surface area contributed by atoms with Gasteiger partial charge in [-0.15, -0.1) is 0 Å². The van der Waals surface area contributed by atoms with Crippen molar-refractivity contribution in [3.8, 4) is 0 Å². The number of methoxy groups -OCH3 is 1. The van der Waals surface area contributed by atoms with E-state index in [0.29, 0.717) is 24.9 Å². The molecule has 242 valence electrons. The first-order valence-corrected chi connectivity index (χ1v) is 15.1. The second-order valence-electron chi connectivity index (χ2n) is 11.2. The molecule has 4 atom stereocenters. The number of carbonyl (C=O) groups is 5. The summed E-state index contributed by atoms with van der Waals surface area (Å²) in [5.74, 6) is -2.78. The molecule has 12 heteroatoms. The van der Waals surface area contributed by atoms with Crippen molar-refractivity contribution in [2.24, 2.45) is 5.92 Å². The summed E-state index contributed by atoms with van der Waals surface area (Å²) in [7, 11) is 1.22. The van der Waals surface area contributed by atoms with Crippen LogP contribution in [0, 0.1) is 11.7 Å². The molecule has 0 radical (unpaired) electrons. The van der Waals surface area contributed by atoms with E-state index in [1.54, 1.807) is 44.2 Å². The smallest absolute Gasteiger partial charge is 0.328 e. The summed E-state index contributed by atoms with van der Waals surface area (Å²) in [5.41, 5.74) is 1.12. The van der Waals surface area contributed by atoms with E-state index in [1.165, 1.54) is 25.3 Å². The molecule has 2 aromatic carbocycles. The average Bonchev–Trinajstić information content (AvgIpc) is 3.01. The van der Waals surface area contributed by atoms with Crippen molar-refractivity contribution >= 4 is 29.7 Å². The second kappa shape index (κ2) is 17.5. The van der Waals surface area contributed by atoms with Crippen molar-refractivity contribution < 1.29 is 33.1 Å². The van der Waals surface area contributed by atoms with Crippen LogP contribution >= 0.6 is 0 Å². The van der Waals surface area contributed by atoms with Gasteiger partial charge in [-0.2, -0.15) is 0 Å². The Bertz CT molecular complexity index is 1350. The van der Waals surface area contributed by atoms with Crippen molar-refractivity contribution in [1.82, 2.24) is 26.6 Å². The van der Waals surface area contributed by atoms with Crippen molar-refractivity contribution in [2.75, 3.05) is 13.7 Å². The number of nitrogens with one attached hydrogen (secondary N) is 5. The number of amides is 5. The zero-order valence-corrected chi connectivity index (χ0v) is 25.8. The molecule has 5 amide bonds. The third-order valence-electron chi connectivity index (χ3n) is 7.37. The summed E-state index contributed by atoms with van der Waals surface area (Å²) in [6.45, 7) is 3.87. The largest absolute Gasteiger partial charge is 0.467 e. The summed E-state index contributed by atoms with van der Waals surface area (Å²) in [4.78, 5) is 64.7. The van der Waals surface area contributed by atoms with E-state index < -0.39 is 53.8 Å². The quantitative estimate of drug-likeness (QED) is 0.256. The maximum atomic E-state index is 14.4. The zero-order valence-electron chi connectivity index (χ0n) is 25.8. The van der Waals surface area contributed by atoms with Gasteiger partial charge in [-0.05, 0) is 48.8 Å². The second-order valence-corrected chi connectivity index (χ2v) is 11.2. The lowest BCUT2D eigenvalue weighted by Gasteiger charge is -2.26. The van der Waals surface area contributed by atoms with E-state index in [4.69, 9.17) is 4.74 Å². The topological polar surface area (TPSA) is 155 Å². The predicted molar refractivity (Wildman–Crippen MR) is 166 cm³/mol. The molecule has 0 bridgehead atoms. The highest BCUT2D eigenvalue weighted by molar-refractivity contribution is 5.93. The molecule has 11 nitrogen and oxygen atoms in total. The maximum absolute atomic E-state index is 14.4. The van der Waals surface area contributed by atoms with Crippen LogP contribution in [-0.4, -0.2) is 67.5 Å². The van der Waals surface area contributed by atoms with E-state index >= 15 is 0 Å². The third-order valence-corrected chi connectivity index (χ3v) is 7.37. The lowest BCUT2D eigenvalue weighted by atomic mass is 10.0. The fourth-order valence-corrected chi connectivity index (χ4v) is 4.86. The van der Waals surface area contributed by atoms with E-state index in [1.807, 2.05) is 18.2 Å². The van der Waals surface area contributed by atoms with E-state index in [-0.39, 0.29) is 31.1 Å². The number of benzene rings is 2. The van der Waals surface area contributed by atoms with Crippen LogP contribution in [-0.2, 0) is 36.8 Å². The van der Waals surface area contributed by atoms with Gasteiger partial charge in [-0.1, -0.05) is 68.5 Å². The van der Waals surface area contributed by atoms with Crippen LogP contribution in [0.5, 0.6) is 0 Å². The summed E-state index contributed by atoms with van der Waals surface area (Å²) >= 11 is 0. The highest BCUT2D eigenvalue weighted by atomic mass is 19.1. The van der Waals surface area contributed by atoms with Crippen LogP contribution < -0.4 is 26.6 Å². The lowest BCUT2D eigenvalue weighted by molar-refractivity contribution is -0.144. The van der Waals surface area contributed by atoms with Gasteiger partial charge < -0.3 is 31.3 Å². The van der Waals surface area contributed by atoms with Crippen LogP contribution in [0.25, 0.3) is 0 Å². The number of rotatable bonds is 10. The number of hydrogen-bond donors (Lipinski definition) is 5. The normalized spacial score (nSPS) is 19.4. The van der Waals surface area contributed by atoms with Crippen molar-refractivity contribution in [3.05, 3.63) is 83.7 Å². The van der Waals surface area contributed by atoms with Gasteiger partial charge in [0.25, 0.3) is 0 Å². The molecule has 0 unspecified atom stereocenters. The van der Waals surface area contributed by atoms with Crippen molar-refractivity contribution in [3.63, 3.8) is 0 Å². The molecular formula is C33H42FN5O6. The van der Waals surface area contributed by atoms with Gasteiger partial charge in [0.05, 0.1) is 13.2 Å². The molecular weight excluding hydrogens is 581 g/mol. The molecule has 1 aliphatic rings. The van der Waals surface area contributed by atoms with Gasteiger partial charge >= 0.3 is 12.0 Å². The zero-order chi connectivity index (χ0) is 32.8. The fraction of sp³-hybridized carbons (Fsp3) is 0.424. The van der Waals surface area contributed by atoms with E-state index in [2.05, 4.69) is 26.6 Å². The van der Waals surface area contributed by atoms with Crippen LogP contribution in [0.15, 0.2) is 66.7 Å². The predicted octanol–water partition coefficient (Wildman–Crippen LogP) is 2.30. The minimum atomic E-state index is -1.10. The summed E-state index contributed by atoms with van der Waals surface area (Å²) in [6, 6.07) is 10.7. The van der Waals surface area contributed by atoms with Crippen molar-refractivity contribution in [1.29, 1.82) is 0 Å². The van der Waals surface area contributed by atoms with Gasteiger partial charge in [0.1, 0.15) is 23.9 Å². The lowest BCUT2D eigenvalue weighted by Crippen LogP contribution is -2.58. The summed E-state index contributed by atoms with van der Waals surface area (Å²) in [6.07, 6.45) is 4.32. The Kier molecular flexibility index (Phi) is 13.5. The average molecular weight is 624 g/mol. The minimum Gasteiger partial charge on any atom is -0.467 e. The standard InChI is InChI=1S/C33H42FN5O6/c1-21(2)29(32(43)45-3)39-33(44)38-27(19-22-11-5-4-6-12-22)31(42)37-26-15-9-10-18-35-28(40)17-16-24(36-30(26)41)20-23-13-7-8-14-25(23)34/h4-8,11-14,16-17,21,24,26-27,29H,9-10,15,18-20H2,1-3H3,(H,35,40)(H,36,41)(H,37,42)(H2,38,39,44)/b17-16-/t24-,26+,27+,29+/m1/s1. The Balaban J connectivity index is 1.81. The first-order valence-electron chi connectivity index (χ1n) is 15.1. The van der Waals surface area contributed by atoms with E-state index in [9.17, 15) is 28.4 Å². The number of esters is 1. The monoisotopic (exact) mass is 623 g/mol. The first-order chi connectivity index (χ1) is 21.6. The molecule has 1 aliphatic heterocycles. The summed E-state index contributed by atoms with van der Waals surface area (Å²) < 4.78 is 19.2. The molecule has 0 spiro atoms. The van der Waals surface area contributed by atoms with Crippen LogP contribution in [0.3, 0.4) is 0 Å². The Morgan fingerprint density at radius 2 is 1.71 bits per heavy atom.